The van der Waals surface area contributed by atoms with Crippen molar-refractivity contribution in [1.82, 2.24) is 0 Å². The van der Waals surface area contributed by atoms with E-state index in [0.29, 0.717) is 17.7 Å². The third-order valence-electron chi connectivity index (χ3n) is 5.35. The normalized spacial score (nSPS) is 15.7. The summed E-state index contributed by atoms with van der Waals surface area (Å²) in [4.78, 5) is 13.0. The van der Waals surface area contributed by atoms with Gasteiger partial charge >= 0.3 is 0 Å². The maximum atomic E-state index is 13.3. The van der Waals surface area contributed by atoms with Crippen LogP contribution in [0.25, 0.3) is 0 Å². The first kappa shape index (κ1) is 20.2. The van der Waals surface area contributed by atoms with Gasteiger partial charge in [-0.3, -0.25) is 9.10 Å². The highest BCUT2D eigenvalue weighted by Crippen LogP contribution is 2.37. The molecule has 0 aromatic heterocycles. The quantitative estimate of drug-likeness (QED) is 0.666. The molecule has 154 valence electrons. The van der Waals surface area contributed by atoms with Crippen molar-refractivity contribution in [3.8, 4) is 0 Å². The van der Waals surface area contributed by atoms with Crippen molar-refractivity contribution in [3.05, 3.63) is 89.0 Å². The van der Waals surface area contributed by atoms with Gasteiger partial charge in [0, 0.05) is 17.3 Å². The molecule has 1 atom stereocenters. The lowest BCUT2D eigenvalue weighted by Gasteiger charge is -2.24. The van der Waals surface area contributed by atoms with Gasteiger partial charge in [-0.2, -0.15) is 0 Å². The molecule has 1 N–H and O–H groups in total. The molecule has 5 nitrogen and oxygen atoms in total. The number of nitrogens with zero attached hydrogens (tertiary/aromatic N) is 1. The molecule has 6 heteroatoms. The molecule has 0 aliphatic carbocycles. The summed E-state index contributed by atoms with van der Waals surface area (Å²) in [5, 5.41) is 2.90. The van der Waals surface area contributed by atoms with Crippen molar-refractivity contribution in [1.29, 1.82) is 0 Å². The number of hydrogen-bond acceptors (Lipinski definition) is 3. The summed E-state index contributed by atoms with van der Waals surface area (Å²) in [6, 6.07) is 19.5. The van der Waals surface area contributed by atoms with E-state index >= 15 is 0 Å². The van der Waals surface area contributed by atoms with Crippen LogP contribution in [0.4, 0.5) is 11.4 Å². The Morgan fingerprint density at radius 2 is 1.70 bits per heavy atom. The van der Waals surface area contributed by atoms with E-state index in [1.54, 1.807) is 42.5 Å². The lowest BCUT2D eigenvalue weighted by Crippen LogP contribution is -2.35. The summed E-state index contributed by atoms with van der Waals surface area (Å²) in [6.45, 7) is 5.78. The largest absolute Gasteiger partial charge is 0.322 e. The summed E-state index contributed by atoms with van der Waals surface area (Å²) in [6.07, 6.45) is 0.561. The van der Waals surface area contributed by atoms with Gasteiger partial charge < -0.3 is 5.32 Å². The summed E-state index contributed by atoms with van der Waals surface area (Å²) in [5.41, 5.74) is 4.81. The second-order valence-electron chi connectivity index (χ2n) is 7.83. The fraction of sp³-hybridized carbons (Fsp3) is 0.208. The predicted molar refractivity (Wildman–Crippen MR) is 120 cm³/mol. The molecule has 0 fully saturated rings. The second kappa shape index (κ2) is 7.61. The van der Waals surface area contributed by atoms with Crippen molar-refractivity contribution >= 4 is 27.3 Å². The van der Waals surface area contributed by atoms with E-state index in [9.17, 15) is 13.2 Å². The minimum atomic E-state index is -3.67. The Labute approximate surface area is 177 Å². The maximum Gasteiger partial charge on any atom is 0.264 e. The Kier molecular flexibility index (Phi) is 5.12. The van der Waals surface area contributed by atoms with Crippen molar-refractivity contribution in [2.75, 3.05) is 9.62 Å². The van der Waals surface area contributed by atoms with E-state index in [4.69, 9.17) is 0 Å². The lowest BCUT2D eigenvalue weighted by molar-refractivity contribution is 0.102. The average molecular weight is 421 g/mol. The monoisotopic (exact) mass is 420 g/mol. The molecule has 3 aromatic carbocycles. The molecule has 4 rings (SSSR count). The first-order chi connectivity index (χ1) is 14.3. The molecule has 1 amide bonds. The molecular formula is C24H24N2O3S. The summed E-state index contributed by atoms with van der Waals surface area (Å²) >= 11 is 0. The van der Waals surface area contributed by atoms with E-state index in [1.807, 2.05) is 45.0 Å². The SMILES string of the molecule is Cc1ccc(S(=O)(=O)N2c3ccc(C(=O)Nc4cccc(C)c4)cc3C[C@H]2C)cc1. The number of carbonyl (C=O) groups excluding carboxylic acids is 1. The van der Waals surface area contributed by atoms with Crippen LogP contribution < -0.4 is 9.62 Å². The summed E-state index contributed by atoms with van der Waals surface area (Å²) < 4.78 is 28.0. The summed E-state index contributed by atoms with van der Waals surface area (Å²) in [5.74, 6) is -0.212. The van der Waals surface area contributed by atoms with E-state index in [0.717, 1.165) is 22.4 Å². The summed E-state index contributed by atoms with van der Waals surface area (Å²) in [7, 11) is -3.67. The molecule has 0 saturated heterocycles. The second-order valence-corrected chi connectivity index (χ2v) is 9.65. The highest BCUT2D eigenvalue weighted by atomic mass is 32.2. The van der Waals surface area contributed by atoms with Gasteiger partial charge in [0.2, 0.25) is 0 Å². The van der Waals surface area contributed by atoms with E-state index in [1.165, 1.54) is 4.31 Å². The van der Waals surface area contributed by atoms with Crippen LogP contribution >= 0.6 is 0 Å². The van der Waals surface area contributed by atoms with Crippen LogP contribution in [0.5, 0.6) is 0 Å². The molecule has 1 heterocycles. The third kappa shape index (κ3) is 3.71. The number of anilines is 2. The zero-order chi connectivity index (χ0) is 21.5. The molecule has 3 aromatic rings. The van der Waals surface area contributed by atoms with Gasteiger partial charge in [0.15, 0.2) is 0 Å². The lowest BCUT2D eigenvalue weighted by atomic mass is 10.1. The van der Waals surface area contributed by atoms with Crippen molar-refractivity contribution < 1.29 is 13.2 Å². The number of aryl methyl sites for hydroxylation is 2. The van der Waals surface area contributed by atoms with Gasteiger partial charge in [0.1, 0.15) is 0 Å². The van der Waals surface area contributed by atoms with Crippen LogP contribution in [0.2, 0.25) is 0 Å². The Hall–Kier alpha value is -3.12. The van der Waals surface area contributed by atoms with Crippen LogP contribution in [-0.2, 0) is 16.4 Å². The first-order valence-electron chi connectivity index (χ1n) is 9.88. The van der Waals surface area contributed by atoms with Crippen LogP contribution in [0.15, 0.2) is 71.6 Å². The Morgan fingerprint density at radius 3 is 2.40 bits per heavy atom. The van der Waals surface area contributed by atoms with Gasteiger partial charge in [-0.1, -0.05) is 29.8 Å². The fourth-order valence-electron chi connectivity index (χ4n) is 3.86. The predicted octanol–water partition coefficient (Wildman–Crippen LogP) is 4.70. The third-order valence-corrected chi connectivity index (χ3v) is 7.29. The average Bonchev–Trinajstić information content (AvgIpc) is 3.03. The van der Waals surface area contributed by atoms with Gasteiger partial charge in [-0.15, -0.1) is 0 Å². The Bertz CT molecular complexity index is 1220. The highest BCUT2D eigenvalue weighted by Gasteiger charge is 2.36. The minimum absolute atomic E-state index is 0.212. The molecule has 0 bridgehead atoms. The molecule has 1 aliphatic rings. The standard InChI is InChI=1S/C24H24N2O3S/c1-16-7-10-22(11-8-16)30(28,29)26-18(3)14-20-15-19(9-12-23(20)26)24(27)25-21-6-4-5-17(2)13-21/h4-13,15,18H,14H2,1-3H3,(H,25,27)/t18-/m1/s1. The fourth-order valence-corrected chi connectivity index (χ4v) is 5.55. The maximum absolute atomic E-state index is 13.3. The van der Waals surface area contributed by atoms with Gasteiger partial charge in [0.05, 0.1) is 10.6 Å². The molecule has 0 radical (unpaired) electrons. The number of hydrogen-bond donors (Lipinski definition) is 1. The number of amides is 1. The number of fused-ring (bicyclic) bond motifs is 1. The molecule has 0 unspecified atom stereocenters. The Morgan fingerprint density at radius 1 is 0.967 bits per heavy atom. The van der Waals surface area contributed by atoms with Crippen LogP contribution in [0.1, 0.15) is 34.0 Å². The highest BCUT2D eigenvalue weighted by molar-refractivity contribution is 7.92. The number of nitrogens with one attached hydrogen (secondary N) is 1. The number of sulfonamides is 1. The first-order valence-corrected chi connectivity index (χ1v) is 11.3. The zero-order valence-corrected chi connectivity index (χ0v) is 18.0. The van der Waals surface area contributed by atoms with E-state index in [-0.39, 0.29) is 16.8 Å². The van der Waals surface area contributed by atoms with Crippen LogP contribution in [0.3, 0.4) is 0 Å². The van der Waals surface area contributed by atoms with Gasteiger partial charge in [-0.05, 0) is 80.8 Å². The molecular weight excluding hydrogens is 396 g/mol. The molecule has 1 aliphatic heterocycles. The number of carbonyl (C=O) groups is 1. The van der Waals surface area contributed by atoms with E-state index < -0.39 is 10.0 Å². The van der Waals surface area contributed by atoms with Crippen molar-refractivity contribution in [2.24, 2.45) is 0 Å². The Balaban J connectivity index is 1.63. The zero-order valence-electron chi connectivity index (χ0n) is 17.2. The number of rotatable bonds is 4. The molecule has 0 spiro atoms. The number of benzene rings is 3. The van der Waals surface area contributed by atoms with E-state index in [2.05, 4.69) is 5.32 Å². The van der Waals surface area contributed by atoms with Gasteiger partial charge in [0.25, 0.3) is 15.9 Å². The van der Waals surface area contributed by atoms with Crippen LogP contribution in [-0.4, -0.2) is 20.4 Å². The topological polar surface area (TPSA) is 66.5 Å². The molecule has 0 saturated carbocycles. The smallest absolute Gasteiger partial charge is 0.264 e. The van der Waals surface area contributed by atoms with Crippen molar-refractivity contribution in [2.45, 2.75) is 38.1 Å². The molecule has 30 heavy (non-hydrogen) atoms. The minimum Gasteiger partial charge on any atom is -0.322 e. The van der Waals surface area contributed by atoms with Crippen LogP contribution in [0, 0.1) is 13.8 Å². The van der Waals surface area contributed by atoms with Gasteiger partial charge in [-0.25, -0.2) is 8.42 Å². The van der Waals surface area contributed by atoms with Crippen molar-refractivity contribution in [3.63, 3.8) is 0 Å².